The number of anilines is 1. The highest BCUT2D eigenvalue weighted by Crippen LogP contribution is 2.31. The first-order chi connectivity index (χ1) is 14.1. The standard InChI is InChI=1S/C20H23F3N4O2S/c1-13(28)27(2)11-10-17(14-6-5-7-15(12-14)20(21,22)23)25-19(29)26-30-18-9-4-3-8-16(18)24/h3-9,12,17H,10-11,24H2,1-2H3,(H2,25,26,29). The number of rotatable bonds is 7. The second-order valence-electron chi connectivity index (χ2n) is 6.62. The summed E-state index contributed by atoms with van der Waals surface area (Å²) in [6.07, 6.45) is -4.26. The van der Waals surface area contributed by atoms with Gasteiger partial charge in [0.2, 0.25) is 5.91 Å². The molecule has 3 amide bonds. The van der Waals surface area contributed by atoms with Crippen molar-refractivity contribution in [3.63, 3.8) is 0 Å². The molecule has 0 heterocycles. The molecule has 10 heteroatoms. The Hall–Kier alpha value is -2.88. The maximum atomic E-state index is 13.1. The smallest absolute Gasteiger partial charge is 0.398 e. The number of hydrogen-bond acceptors (Lipinski definition) is 4. The first-order valence-corrected chi connectivity index (χ1v) is 9.86. The van der Waals surface area contributed by atoms with Crippen LogP contribution in [0, 0.1) is 0 Å². The van der Waals surface area contributed by atoms with Crippen molar-refractivity contribution in [2.24, 2.45) is 0 Å². The first-order valence-electron chi connectivity index (χ1n) is 9.04. The van der Waals surface area contributed by atoms with E-state index in [1.54, 1.807) is 31.3 Å². The molecule has 0 fully saturated rings. The number of nitrogens with one attached hydrogen (secondary N) is 2. The SMILES string of the molecule is CC(=O)N(C)CCC(NC(=O)NSc1ccccc1N)c1cccc(C(F)(F)F)c1. The third kappa shape index (κ3) is 6.87. The van der Waals surface area contributed by atoms with E-state index in [-0.39, 0.29) is 18.9 Å². The molecule has 0 spiro atoms. The Kier molecular flexibility index (Phi) is 7.99. The van der Waals surface area contributed by atoms with E-state index in [1.165, 1.54) is 24.0 Å². The van der Waals surface area contributed by atoms with Gasteiger partial charge in [-0.15, -0.1) is 0 Å². The van der Waals surface area contributed by atoms with Gasteiger partial charge < -0.3 is 16.0 Å². The van der Waals surface area contributed by atoms with Crippen molar-refractivity contribution in [2.45, 2.75) is 30.5 Å². The molecule has 2 aromatic carbocycles. The van der Waals surface area contributed by atoms with Gasteiger partial charge in [0.15, 0.2) is 0 Å². The number of carbonyl (C=O) groups excluding carboxylic acids is 2. The molecule has 0 bridgehead atoms. The molecule has 0 aliphatic rings. The molecule has 0 saturated heterocycles. The summed E-state index contributed by atoms with van der Waals surface area (Å²) in [5.74, 6) is -0.183. The Balaban J connectivity index is 2.14. The zero-order valence-corrected chi connectivity index (χ0v) is 17.3. The van der Waals surface area contributed by atoms with E-state index in [1.807, 2.05) is 0 Å². The quantitative estimate of drug-likeness (QED) is 0.445. The molecule has 1 atom stereocenters. The van der Waals surface area contributed by atoms with Gasteiger partial charge in [-0.1, -0.05) is 24.3 Å². The van der Waals surface area contributed by atoms with Crippen LogP contribution < -0.4 is 15.8 Å². The van der Waals surface area contributed by atoms with Crippen molar-refractivity contribution in [1.82, 2.24) is 14.9 Å². The van der Waals surface area contributed by atoms with Crippen LogP contribution in [-0.2, 0) is 11.0 Å². The van der Waals surface area contributed by atoms with Crippen molar-refractivity contribution in [3.8, 4) is 0 Å². The fourth-order valence-electron chi connectivity index (χ4n) is 2.60. The van der Waals surface area contributed by atoms with Crippen LogP contribution in [0.25, 0.3) is 0 Å². The monoisotopic (exact) mass is 440 g/mol. The number of alkyl halides is 3. The van der Waals surface area contributed by atoms with Crippen molar-refractivity contribution in [2.75, 3.05) is 19.3 Å². The molecule has 0 saturated carbocycles. The Bertz CT molecular complexity index is 892. The molecule has 6 nitrogen and oxygen atoms in total. The maximum absolute atomic E-state index is 13.1. The predicted octanol–water partition coefficient (Wildman–Crippen LogP) is 4.20. The lowest BCUT2D eigenvalue weighted by Gasteiger charge is -2.23. The van der Waals surface area contributed by atoms with Crippen LogP contribution in [0.15, 0.2) is 53.4 Å². The minimum Gasteiger partial charge on any atom is -0.398 e. The Morgan fingerprint density at radius 3 is 2.50 bits per heavy atom. The van der Waals surface area contributed by atoms with Crippen molar-refractivity contribution < 1.29 is 22.8 Å². The van der Waals surface area contributed by atoms with Gasteiger partial charge in [0.1, 0.15) is 0 Å². The summed E-state index contributed by atoms with van der Waals surface area (Å²) < 4.78 is 41.9. The lowest BCUT2D eigenvalue weighted by molar-refractivity contribution is -0.137. The van der Waals surface area contributed by atoms with Gasteiger partial charge in [0.25, 0.3) is 0 Å². The minimum atomic E-state index is -4.50. The van der Waals surface area contributed by atoms with Gasteiger partial charge in [0, 0.05) is 26.2 Å². The zero-order chi connectivity index (χ0) is 22.3. The Morgan fingerprint density at radius 1 is 1.17 bits per heavy atom. The Labute approximate surface area is 177 Å². The number of nitrogens with zero attached hydrogens (tertiary/aromatic N) is 1. The lowest BCUT2D eigenvalue weighted by Crippen LogP contribution is -2.37. The summed E-state index contributed by atoms with van der Waals surface area (Å²) >= 11 is 0.997. The van der Waals surface area contributed by atoms with Gasteiger partial charge in [0.05, 0.1) is 16.5 Å². The van der Waals surface area contributed by atoms with Gasteiger partial charge >= 0.3 is 12.2 Å². The molecule has 4 N–H and O–H groups in total. The van der Waals surface area contributed by atoms with Crippen molar-refractivity contribution in [3.05, 3.63) is 59.7 Å². The van der Waals surface area contributed by atoms with Crippen LogP contribution >= 0.6 is 11.9 Å². The highest BCUT2D eigenvalue weighted by molar-refractivity contribution is 7.98. The van der Waals surface area contributed by atoms with Crippen LogP contribution in [0.3, 0.4) is 0 Å². The molecular formula is C20H23F3N4O2S. The third-order valence-electron chi connectivity index (χ3n) is 4.39. The summed E-state index contributed by atoms with van der Waals surface area (Å²) in [5.41, 5.74) is 5.80. The van der Waals surface area contributed by atoms with Crippen LogP contribution in [0.1, 0.15) is 30.5 Å². The fourth-order valence-corrected chi connectivity index (χ4v) is 3.19. The normalized spacial score (nSPS) is 12.2. The third-order valence-corrected chi connectivity index (χ3v) is 5.26. The summed E-state index contributed by atoms with van der Waals surface area (Å²) in [7, 11) is 1.58. The second-order valence-corrected chi connectivity index (χ2v) is 7.47. The largest absolute Gasteiger partial charge is 0.416 e. The van der Waals surface area contributed by atoms with E-state index >= 15 is 0 Å². The van der Waals surface area contributed by atoms with E-state index in [9.17, 15) is 22.8 Å². The number of nitrogens with two attached hydrogens (primary N) is 1. The van der Waals surface area contributed by atoms with Crippen LogP contribution in [0.5, 0.6) is 0 Å². The van der Waals surface area contributed by atoms with Crippen LogP contribution in [0.2, 0.25) is 0 Å². The van der Waals surface area contributed by atoms with Crippen LogP contribution in [0.4, 0.5) is 23.7 Å². The summed E-state index contributed by atoms with van der Waals surface area (Å²) in [6, 6.07) is 10.4. The molecule has 0 aromatic heterocycles. The highest BCUT2D eigenvalue weighted by atomic mass is 32.2. The van der Waals surface area contributed by atoms with E-state index in [0.29, 0.717) is 16.1 Å². The van der Waals surface area contributed by atoms with Crippen molar-refractivity contribution >= 4 is 29.6 Å². The van der Waals surface area contributed by atoms with E-state index < -0.39 is 23.8 Å². The molecule has 0 radical (unpaired) electrons. The number of para-hydroxylation sites is 1. The maximum Gasteiger partial charge on any atom is 0.416 e. The molecule has 0 aliphatic carbocycles. The first kappa shape index (κ1) is 23.4. The van der Waals surface area contributed by atoms with Gasteiger partial charge in [-0.3, -0.25) is 9.52 Å². The van der Waals surface area contributed by atoms with Gasteiger partial charge in [-0.05, 0) is 48.2 Å². The van der Waals surface area contributed by atoms with E-state index in [0.717, 1.165) is 24.1 Å². The predicted molar refractivity (Wildman–Crippen MR) is 110 cm³/mol. The van der Waals surface area contributed by atoms with E-state index in [4.69, 9.17) is 5.73 Å². The minimum absolute atomic E-state index is 0.183. The molecule has 1 unspecified atom stereocenters. The number of carbonyl (C=O) groups is 2. The number of hydrogen-bond donors (Lipinski definition) is 3. The fraction of sp³-hybridized carbons (Fsp3) is 0.300. The Morgan fingerprint density at radius 2 is 1.87 bits per heavy atom. The zero-order valence-electron chi connectivity index (χ0n) is 16.5. The summed E-state index contributed by atoms with van der Waals surface area (Å²) in [5, 5.41) is 2.68. The lowest BCUT2D eigenvalue weighted by atomic mass is 10.0. The number of halogens is 3. The number of amides is 3. The number of nitrogen functional groups attached to an aromatic ring is 1. The van der Waals surface area contributed by atoms with Crippen LogP contribution in [-0.4, -0.2) is 30.4 Å². The van der Waals surface area contributed by atoms with E-state index in [2.05, 4.69) is 10.0 Å². The average molecular weight is 440 g/mol. The van der Waals surface area contributed by atoms with Gasteiger partial charge in [-0.2, -0.15) is 13.2 Å². The molecule has 2 aromatic rings. The number of urea groups is 1. The van der Waals surface area contributed by atoms with Gasteiger partial charge in [-0.25, -0.2) is 4.79 Å². The average Bonchev–Trinajstić information content (AvgIpc) is 2.69. The number of benzene rings is 2. The molecular weight excluding hydrogens is 417 g/mol. The molecule has 30 heavy (non-hydrogen) atoms. The summed E-state index contributed by atoms with van der Waals surface area (Å²) in [4.78, 5) is 25.9. The highest BCUT2D eigenvalue weighted by Gasteiger charge is 2.31. The molecule has 162 valence electrons. The van der Waals surface area contributed by atoms with Crippen molar-refractivity contribution in [1.29, 1.82) is 0 Å². The molecule has 0 aliphatic heterocycles. The topological polar surface area (TPSA) is 87.5 Å². The molecule has 2 rings (SSSR count). The second kappa shape index (κ2) is 10.2. The summed E-state index contributed by atoms with van der Waals surface area (Å²) in [6.45, 7) is 1.65.